The average molecular weight is 508 g/mol. The molecule has 4 aromatic carbocycles. The summed E-state index contributed by atoms with van der Waals surface area (Å²) >= 11 is -0.994. The number of nitrogens with one attached hydrogen (secondary N) is 1. The predicted molar refractivity (Wildman–Crippen MR) is 152 cm³/mol. The van der Waals surface area contributed by atoms with Gasteiger partial charge in [-0.25, -0.2) is 0 Å². The van der Waals surface area contributed by atoms with Crippen molar-refractivity contribution in [1.82, 2.24) is 0 Å². The van der Waals surface area contributed by atoms with Crippen LogP contribution in [0.3, 0.4) is 0 Å². The van der Waals surface area contributed by atoms with Crippen molar-refractivity contribution >= 4 is 28.8 Å². The van der Waals surface area contributed by atoms with Gasteiger partial charge in [-0.15, -0.1) is 0 Å². The maximum Gasteiger partial charge on any atom is 0.251 e. The topological polar surface area (TPSA) is 61.4 Å². The number of carbonyl (C=O) groups is 1. The zero-order valence-electron chi connectivity index (χ0n) is 20.8. The van der Waals surface area contributed by atoms with Crippen LogP contribution in [0.25, 0.3) is 17.2 Å². The summed E-state index contributed by atoms with van der Waals surface area (Å²) in [5.41, 5.74) is 7.76. The van der Waals surface area contributed by atoms with Crippen molar-refractivity contribution in [1.29, 1.82) is 0 Å². The van der Waals surface area contributed by atoms with Crippen LogP contribution in [-0.4, -0.2) is 17.1 Å². The molecule has 37 heavy (non-hydrogen) atoms. The van der Waals surface area contributed by atoms with E-state index in [0.29, 0.717) is 35.8 Å². The Morgan fingerprint density at radius 1 is 0.865 bits per heavy atom. The van der Waals surface area contributed by atoms with Crippen molar-refractivity contribution < 1.29 is 14.1 Å². The van der Waals surface area contributed by atoms with Crippen LogP contribution in [0.5, 0.6) is 5.75 Å². The molecule has 1 unspecified atom stereocenters. The molecule has 0 saturated heterocycles. The number of hydrogen-bond acceptors (Lipinski definition) is 3. The second-order valence-corrected chi connectivity index (χ2v) is 10.7. The number of ether oxygens (including phenoxy) is 1. The van der Waals surface area contributed by atoms with Crippen molar-refractivity contribution in [2.24, 2.45) is 0 Å². The van der Waals surface area contributed by atoms with E-state index in [4.69, 9.17) is 4.74 Å². The Kier molecular flexibility index (Phi) is 7.73. The van der Waals surface area contributed by atoms with Gasteiger partial charge >= 0.3 is 0 Å². The van der Waals surface area contributed by atoms with Gasteiger partial charge in [0.25, 0.3) is 5.91 Å². The molecule has 5 rings (SSSR count). The molecule has 0 spiro atoms. The fraction of sp³-hybridized carbons (Fsp3) is 0.156. The highest BCUT2D eigenvalue weighted by molar-refractivity contribution is 7.89. The molecular formula is C32H29NO3S. The van der Waals surface area contributed by atoms with E-state index in [9.17, 15) is 9.35 Å². The normalized spacial score (nSPS) is 13.5. The number of carbonyl (C=O) groups excluding carboxylic acids is 1. The van der Waals surface area contributed by atoms with Crippen LogP contribution in [0.15, 0.2) is 103 Å². The first-order valence-corrected chi connectivity index (χ1v) is 13.9. The minimum absolute atomic E-state index is 0.141. The van der Waals surface area contributed by atoms with Gasteiger partial charge in [0.1, 0.15) is 17.3 Å². The second kappa shape index (κ2) is 11.5. The minimum Gasteiger partial charge on any atom is -0.616 e. The van der Waals surface area contributed by atoms with Crippen LogP contribution in [0, 0.1) is 6.92 Å². The highest BCUT2D eigenvalue weighted by Crippen LogP contribution is 2.31. The summed E-state index contributed by atoms with van der Waals surface area (Å²) in [6, 6.07) is 31.9. The summed E-state index contributed by atoms with van der Waals surface area (Å²) in [6.45, 7) is 2.52. The Morgan fingerprint density at radius 3 is 2.27 bits per heavy atom. The fourth-order valence-electron chi connectivity index (χ4n) is 4.32. The Balaban J connectivity index is 1.25. The van der Waals surface area contributed by atoms with Gasteiger partial charge in [-0.05, 0) is 59.6 Å². The lowest BCUT2D eigenvalue weighted by molar-refractivity contribution is -0.113. The largest absolute Gasteiger partial charge is 0.616 e. The van der Waals surface area contributed by atoms with E-state index in [2.05, 4.69) is 48.6 Å². The standard InChI is InChI=1S/C32H29NO3S/c1-23-7-11-26(12-8-23)27-13-16-31-29(19-27)20-28(17-18-36-31)32(34)33-30-14-9-25(10-15-30)22-37(35)21-24-5-3-2-4-6-24/h2-16,19-20H,17-18,21-22H2,1H3,(H,33,34). The van der Waals surface area contributed by atoms with Crippen LogP contribution in [0.2, 0.25) is 0 Å². The summed E-state index contributed by atoms with van der Waals surface area (Å²) in [5.74, 6) is 1.65. The van der Waals surface area contributed by atoms with Crippen LogP contribution < -0.4 is 10.1 Å². The van der Waals surface area contributed by atoms with Crippen molar-refractivity contribution in [3.8, 4) is 16.9 Å². The van der Waals surface area contributed by atoms with Gasteiger partial charge in [0.2, 0.25) is 0 Å². The van der Waals surface area contributed by atoms with E-state index in [1.54, 1.807) is 0 Å². The second-order valence-electron chi connectivity index (χ2n) is 9.25. The number of benzene rings is 4. The summed E-state index contributed by atoms with van der Waals surface area (Å²) in [5, 5.41) is 3.00. The number of fused-ring (bicyclic) bond motifs is 1. The van der Waals surface area contributed by atoms with E-state index < -0.39 is 11.2 Å². The average Bonchev–Trinajstić information content (AvgIpc) is 3.13. The van der Waals surface area contributed by atoms with Gasteiger partial charge in [-0.2, -0.15) is 0 Å². The van der Waals surface area contributed by atoms with E-state index in [1.165, 1.54) is 5.56 Å². The first kappa shape index (κ1) is 24.9. The first-order valence-electron chi connectivity index (χ1n) is 12.4. The first-order chi connectivity index (χ1) is 18.0. The van der Waals surface area contributed by atoms with Crippen LogP contribution in [0.4, 0.5) is 5.69 Å². The smallest absolute Gasteiger partial charge is 0.251 e. The molecule has 186 valence electrons. The number of anilines is 1. The van der Waals surface area contributed by atoms with Gasteiger partial charge in [0, 0.05) is 34.4 Å². The molecule has 0 aliphatic carbocycles. The third kappa shape index (κ3) is 6.50. The molecule has 0 saturated carbocycles. The molecule has 0 radical (unpaired) electrons. The molecule has 1 atom stereocenters. The van der Waals surface area contributed by atoms with Gasteiger partial charge in [0.05, 0.1) is 6.61 Å². The monoisotopic (exact) mass is 507 g/mol. The molecule has 4 aromatic rings. The van der Waals surface area contributed by atoms with Crippen molar-refractivity contribution in [2.45, 2.75) is 24.9 Å². The highest BCUT2D eigenvalue weighted by atomic mass is 32.2. The zero-order valence-corrected chi connectivity index (χ0v) is 21.6. The van der Waals surface area contributed by atoms with Gasteiger partial charge in [0.15, 0.2) is 0 Å². The summed E-state index contributed by atoms with van der Waals surface area (Å²) in [6.07, 6.45) is 2.45. The Morgan fingerprint density at radius 2 is 1.54 bits per heavy atom. The summed E-state index contributed by atoms with van der Waals surface area (Å²) in [4.78, 5) is 13.1. The highest BCUT2D eigenvalue weighted by Gasteiger charge is 2.17. The van der Waals surface area contributed by atoms with E-state index >= 15 is 0 Å². The van der Waals surface area contributed by atoms with Crippen LogP contribution in [-0.2, 0) is 27.5 Å². The maximum absolute atomic E-state index is 13.1. The molecule has 5 heteroatoms. The number of amides is 1. The quantitative estimate of drug-likeness (QED) is 0.276. The fourth-order valence-corrected chi connectivity index (χ4v) is 5.55. The maximum atomic E-state index is 13.1. The summed E-state index contributed by atoms with van der Waals surface area (Å²) in [7, 11) is 0. The Hall–Kier alpha value is -3.80. The molecular weight excluding hydrogens is 478 g/mol. The predicted octanol–water partition coefficient (Wildman–Crippen LogP) is 6.92. The van der Waals surface area contributed by atoms with E-state index in [-0.39, 0.29) is 5.91 Å². The number of aryl methyl sites for hydroxylation is 1. The Bertz CT molecular complexity index is 1400. The third-order valence-electron chi connectivity index (χ3n) is 6.35. The zero-order chi connectivity index (χ0) is 25.6. The van der Waals surface area contributed by atoms with Gasteiger partial charge in [-0.3, -0.25) is 4.79 Å². The molecule has 0 fully saturated rings. The van der Waals surface area contributed by atoms with Gasteiger partial charge in [-0.1, -0.05) is 78.4 Å². The van der Waals surface area contributed by atoms with E-state index in [0.717, 1.165) is 33.6 Å². The third-order valence-corrected chi connectivity index (χ3v) is 7.67. The number of rotatable bonds is 7. The SMILES string of the molecule is Cc1ccc(-c2ccc3c(c2)C=C(C(=O)Nc2ccc(C[S+]([O-])Cc4ccccc4)cc2)CCO3)cc1. The molecule has 4 nitrogen and oxygen atoms in total. The summed E-state index contributed by atoms with van der Waals surface area (Å²) < 4.78 is 18.5. The van der Waals surface area contributed by atoms with Crippen molar-refractivity contribution in [3.05, 3.63) is 125 Å². The minimum atomic E-state index is -0.994. The molecule has 1 N–H and O–H groups in total. The lowest BCUT2D eigenvalue weighted by Crippen LogP contribution is -2.15. The van der Waals surface area contributed by atoms with Crippen molar-refractivity contribution in [3.63, 3.8) is 0 Å². The van der Waals surface area contributed by atoms with Gasteiger partial charge < -0.3 is 14.6 Å². The van der Waals surface area contributed by atoms with Crippen LogP contribution >= 0.6 is 0 Å². The molecule has 0 aromatic heterocycles. The van der Waals surface area contributed by atoms with Crippen molar-refractivity contribution in [2.75, 3.05) is 11.9 Å². The Labute approximate surface area is 221 Å². The lowest BCUT2D eigenvalue weighted by Gasteiger charge is -2.12. The van der Waals surface area contributed by atoms with E-state index in [1.807, 2.05) is 66.7 Å². The molecule has 1 aliphatic rings. The molecule has 0 bridgehead atoms. The van der Waals surface area contributed by atoms with Crippen LogP contribution in [0.1, 0.15) is 28.7 Å². The molecule has 1 heterocycles. The molecule has 1 amide bonds. The number of hydrogen-bond donors (Lipinski definition) is 1. The lowest BCUT2D eigenvalue weighted by atomic mass is 10.00. The molecule has 1 aliphatic heterocycles.